The molecule has 9 heteroatoms. The van der Waals surface area contributed by atoms with Crippen molar-refractivity contribution >= 4 is 34.8 Å². The maximum absolute atomic E-state index is 14.2. The fraction of sp³-hybridized carbons (Fsp3) is 1.00. The summed E-state index contributed by atoms with van der Waals surface area (Å²) in [7, 11) is 2.81. The Morgan fingerprint density at radius 3 is 2.11 bits per heavy atom. The predicted octanol–water partition coefficient (Wildman–Crippen LogP) is 2.14. The van der Waals surface area contributed by atoms with Gasteiger partial charge in [0.25, 0.3) is 0 Å². The molecule has 1 rings (SSSR count). The maximum Gasteiger partial charge on any atom is 0.373 e. The summed E-state index contributed by atoms with van der Waals surface area (Å²) in [6.07, 6.45) is -3.35. The van der Waals surface area contributed by atoms with Gasteiger partial charge < -0.3 is 9.47 Å². The molecule has 0 amide bonds. The largest absolute Gasteiger partial charge is 0.383 e. The minimum Gasteiger partial charge on any atom is -0.383 e. The normalized spacial score (nSPS) is 27.8. The number of halogens is 5. The van der Waals surface area contributed by atoms with Crippen LogP contribution in [0.2, 0.25) is 0 Å². The minimum absolute atomic E-state index is 0.0680. The summed E-state index contributed by atoms with van der Waals surface area (Å²) in [4.78, 5) is 1.31. The molecular weight excluding hydrogens is 312 g/mol. The predicted molar refractivity (Wildman–Crippen MR) is 66.2 cm³/mol. The first-order valence-corrected chi connectivity index (χ1v) is 6.41. The lowest BCUT2D eigenvalue weighted by Crippen LogP contribution is -2.50. The molecule has 0 radical (unpaired) electrons. The van der Waals surface area contributed by atoms with Gasteiger partial charge in [0.2, 0.25) is 4.46 Å². The second kappa shape index (κ2) is 6.35. The van der Waals surface area contributed by atoms with E-state index in [2.05, 4.69) is 0 Å². The molecule has 0 spiro atoms. The molecule has 1 aliphatic heterocycles. The van der Waals surface area contributed by atoms with E-state index in [1.165, 1.54) is 14.2 Å². The SMILES string of the molecule is COCCN1C(Cl)C(Cl)(Cl)N(CCOC)C1(F)F. The number of ether oxygens (including phenoxy) is 2. The van der Waals surface area contributed by atoms with Crippen LogP contribution in [0.15, 0.2) is 0 Å². The molecule has 0 aromatic carbocycles. The van der Waals surface area contributed by atoms with Gasteiger partial charge in [0, 0.05) is 27.3 Å². The van der Waals surface area contributed by atoms with Crippen molar-refractivity contribution in [1.82, 2.24) is 9.80 Å². The Morgan fingerprint density at radius 1 is 1.11 bits per heavy atom. The van der Waals surface area contributed by atoms with Crippen molar-refractivity contribution in [2.45, 2.75) is 16.1 Å². The summed E-state index contributed by atoms with van der Waals surface area (Å²) in [5.41, 5.74) is -1.25. The second-order valence-corrected chi connectivity index (χ2v) is 5.52. The molecule has 0 aliphatic carbocycles. The number of rotatable bonds is 6. The van der Waals surface area contributed by atoms with Gasteiger partial charge in [0.15, 0.2) is 0 Å². The van der Waals surface area contributed by atoms with E-state index in [1.807, 2.05) is 0 Å². The van der Waals surface area contributed by atoms with Crippen molar-refractivity contribution in [2.24, 2.45) is 0 Å². The van der Waals surface area contributed by atoms with Crippen LogP contribution in [0.5, 0.6) is 0 Å². The summed E-state index contributed by atoms with van der Waals surface area (Å²) in [5, 5.41) is 0. The molecule has 0 aromatic rings. The molecular formula is C9H15Cl3F2N2O2. The topological polar surface area (TPSA) is 24.9 Å². The zero-order valence-corrected chi connectivity index (χ0v) is 12.3. The summed E-state index contributed by atoms with van der Waals surface area (Å²) in [6.45, 7) is -0.0508. The van der Waals surface area contributed by atoms with E-state index >= 15 is 0 Å². The Hall–Kier alpha value is 0.570. The number of alkyl halides is 5. The molecule has 0 aromatic heterocycles. The molecule has 4 nitrogen and oxygen atoms in total. The minimum atomic E-state index is -3.35. The third-order valence-electron chi connectivity index (χ3n) is 2.65. The molecule has 0 N–H and O–H groups in total. The van der Waals surface area contributed by atoms with Crippen molar-refractivity contribution in [3.8, 4) is 0 Å². The number of methoxy groups -OCH3 is 2. The zero-order valence-electron chi connectivity index (χ0n) is 10.0. The van der Waals surface area contributed by atoms with Crippen LogP contribution >= 0.6 is 34.8 Å². The van der Waals surface area contributed by atoms with E-state index in [0.717, 1.165) is 0 Å². The first-order valence-electron chi connectivity index (χ1n) is 5.22. The first kappa shape index (κ1) is 16.6. The average molecular weight is 328 g/mol. The Balaban J connectivity index is 2.89. The fourth-order valence-corrected chi connectivity index (χ4v) is 2.63. The van der Waals surface area contributed by atoms with Crippen molar-refractivity contribution in [1.29, 1.82) is 0 Å². The van der Waals surface area contributed by atoms with Crippen LogP contribution in [0.3, 0.4) is 0 Å². The molecule has 18 heavy (non-hydrogen) atoms. The van der Waals surface area contributed by atoms with Crippen LogP contribution in [0.4, 0.5) is 8.78 Å². The van der Waals surface area contributed by atoms with Crippen molar-refractivity contribution in [3.63, 3.8) is 0 Å². The van der Waals surface area contributed by atoms with Crippen LogP contribution in [-0.2, 0) is 9.47 Å². The van der Waals surface area contributed by atoms with Gasteiger partial charge in [-0.15, -0.1) is 11.6 Å². The lowest BCUT2D eigenvalue weighted by atomic mass is 10.5. The second-order valence-electron chi connectivity index (χ2n) is 3.76. The fourth-order valence-electron chi connectivity index (χ4n) is 1.69. The summed E-state index contributed by atoms with van der Waals surface area (Å²) in [5.74, 6) is 0. The average Bonchev–Trinajstić information content (AvgIpc) is 2.40. The van der Waals surface area contributed by atoms with Gasteiger partial charge in [-0.05, 0) is 0 Å². The molecule has 1 unspecified atom stereocenters. The quantitative estimate of drug-likeness (QED) is 0.551. The molecule has 1 heterocycles. The van der Waals surface area contributed by atoms with Crippen LogP contribution in [-0.4, -0.2) is 66.5 Å². The Kier molecular flexibility index (Phi) is 5.86. The van der Waals surface area contributed by atoms with Gasteiger partial charge in [0.05, 0.1) is 13.2 Å². The monoisotopic (exact) mass is 326 g/mol. The molecule has 1 saturated heterocycles. The molecule has 1 atom stereocenters. The zero-order chi connectivity index (χ0) is 14.0. The van der Waals surface area contributed by atoms with Crippen LogP contribution in [0.1, 0.15) is 0 Å². The van der Waals surface area contributed by atoms with E-state index in [-0.39, 0.29) is 26.3 Å². The van der Waals surface area contributed by atoms with Crippen LogP contribution in [0.25, 0.3) is 0 Å². The smallest absolute Gasteiger partial charge is 0.373 e. The van der Waals surface area contributed by atoms with Crippen LogP contribution < -0.4 is 0 Å². The van der Waals surface area contributed by atoms with Crippen molar-refractivity contribution < 1.29 is 18.3 Å². The molecule has 1 fully saturated rings. The van der Waals surface area contributed by atoms with E-state index in [9.17, 15) is 8.78 Å². The van der Waals surface area contributed by atoms with Crippen molar-refractivity contribution in [2.75, 3.05) is 40.5 Å². The van der Waals surface area contributed by atoms with Gasteiger partial charge in [-0.1, -0.05) is 23.2 Å². The highest BCUT2D eigenvalue weighted by Gasteiger charge is 2.65. The van der Waals surface area contributed by atoms with E-state index in [0.29, 0.717) is 9.80 Å². The van der Waals surface area contributed by atoms with Gasteiger partial charge >= 0.3 is 6.17 Å². The molecule has 0 bridgehead atoms. The molecule has 108 valence electrons. The Morgan fingerprint density at radius 2 is 1.61 bits per heavy atom. The highest BCUT2D eigenvalue weighted by Crippen LogP contribution is 2.50. The van der Waals surface area contributed by atoms with E-state index in [1.54, 1.807) is 0 Å². The maximum atomic E-state index is 14.2. The lowest BCUT2D eigenvalue weighted by Gasteiger charge is -2.30. The number of hydrogen-bond acceptors (Lipinski definition) is 4. The third-order valence-corrected chi connectivity index (χ3v) is 4.24. The third kappa shape index (κ3) is 3.00. The Bertz CT molecular complexity index is 285. The molecule has 0 saturated carbocycles. The summed E-state index contributed by atoms with van der Waals surface area (Å²) >= 11 is 17.7. The number of hydrogen-bond donors (Lipinski definition) is 0. The summed E-state index contributed by atoms with van der Waals surface area (Å²) < 4.78 is 35.9. The van der Waals surface area contributed by atoms with E-state index in [4.69, 9.17) is 44.3 Å². The van der Waals surface area contributed by atoms with E-state index < -0.39 is 16.1 Å². The standard InChI is InChI=1S/C9H15Cl3F2N2O2/c1-17-5-3-15-7(10)8(11,12)16(4-6-18-2)9(15,13)14/h7H,3-6H2,1-2H3. The summed E-state index contributed by atoms with van der Waals surface area (Å²) in [6, 6.07) is 0. The first-order chi connectivity index (χ1) is 8.30. The lowest BCUT2D eigenvalue weighted by molar-refractivity contribution is -0.219. The Labute approximate surface area is 120 Å². The molecule has 1 aliphatic rings. The van der Waals surface area contributed by atoms with Crippen LogP contribution in [0, 0.1) is 0 Å². The van der Waals surface area contributed by atoms with Crippen molar-refractivity contribution in [3.05, 3.63) is 0 Å². The van der Waals surface area contributed by atoms with Gasteiger partial charge in [-0.25, -0.2) is 4.90 Å². The van der Waals surface area contributed by atoms with Gasteiger partial charge in [0.1, 0.15) is 5.50 Å². The highest BCUT2D eigenvalue weighted by atomic mass is 35.5. The number of nitrogens with zero attached hydrogens (tertiary/aromatic N) is 2. The van der Waals surface area contributed by atoms with Gasteiger partial charge in [-0.2, -0.15) is 13.7 Å². The highest BCUT2D eigenvalue weighted by molar-refractivity contribution is 6.52. The van der Waals surface area contributed by atoms with Gasteiger partial charge in [-0.3, -0.25) is 0 Å².